The summed E-state index contributed by atoms with van der Waals surface area (Å²) in [6.45, 7) is 0.274. The number of carbonyl (C=O) groups excluding carboxylic acids is 1. The summed E-state index contributed by atoms with van der Waals surface area (Å²) in [6.07, 6.45) is 1.41. The molecule has 1 amide bonds. The van der Waals surface area contributed by atoms with Gasteiger partial charge in [-0.3, -0.25) is 14.4 Å². The summed E-state index contributed by atoms with van der Waals surface area (Å²) in [5.41, 5.74) is 3.16. The van der Waals surface area contributed by atoms with Crippen molar-refractivity contribution in [3.05, 3.63) is 70.1 Å². The van der Waals surface area contributed by atoms with Gasteiger partial charge >= 0.3 is 0 Å². The van der Waals surface area contributed by atoms with Gasteiger partial charge in [0, 0.05) is 17.8 Å². The predicted octanol–water partition coefficient (Wildman–Crippen LogP) is 1.24. The van der Waals surface area contributed by atoms with E-state index in [2.05, 4.69) is 10.5 Å². The lowest BCUT2D eigenvalue weighted by Crippen LogP contribution is -2.24. The maximum Gasteiger partial charge on any atom is 0.275 e. The molecule has 0 atom stereocenters. The first-order chi connectivity index (χ1) is 8.75. The summed E-state index contributed by atoms with van der Waals surface area (Å²) in [7, 11) is 0. The highest BCUT2D eigenvalue weighted by atomic mass is 16.6. The summed E-state index contributed by atoms with van der Waals surface area (Å²) in [5, 5.41) is 0. The monoisotopic (exact) mass is 244 g/mol. The number of aromatic nitrogens is 1. The molecule has 1 aromatic carbocycles. The van der Waals surface area contributed by atoms with Gasteiger partial charge < -0.3 is 4.98 Å². The minimum Gasteiger partial charge on any atom is -0.329 e. The minimum absolute atomic E-state index is 0.256. The summed E-state index contributed by atoms with van der Waals surface area (Å²) in [4.78, 5) is 30.1. The van der Waals surface area contributed by atoms with Crippen LogP contribution in [0.25, 0.3) is 0 Å². The van der Waals surface area contributed by atoms with E-state index in [0.717, 1.165) is 5.56 Å². The molecule has 2 aromatic rings. The fraction of sp³-hybridized carbons (Fsp3) is 0.0769. The van der Waals surface area contributed by atoms with E-state index in [4.69, 9.17) is 4.84 Å². The van der Waals surface area contributed by atoms with E-state index in [9.17, 15) is 9.59 Å². The smallest absolute Gasteiger partial charge is 0.275 e. The highest BCUT2D eigenvalue weighted by Crippen LogP contribution is 1.99. The lowest BCUT2D eigenvalue weighted by Gasteiger charge is -2.05. The van der Waals surface area contributed by atoms with Crippen LogP contribution in [0, 0.1) is 0 Å². The van der Waals surface area contributed by atoms with Gasteiger partial charge in [0.15, 0.2) is 0 Å². The maximum absolute atomic E-state index is 11.6. The number of hydrogen-bond acceptors (Lipinski definition) is 3. The molecule has 0 aliphatic carbocycles. The molecule has 0 radical (unpaired) electrons. The third-order valence-corrected chi connectivity index (χ3v) is 2.28. The van der Waals surface area contributed by atoms with Crippen LogP contribution in [0.2, 0.25) is 0 Å². The number of nitrogens with one attached hydrogen (secondary N) is 2. The lowest BCUT2D eigenvalue weighted by atomic mass is 10.2. The average Bonchev–Trinajstić information content (AvgIpc) is 2.40. The normalized spacial score (nSPS) is 10.0. The average molecular weight is 244 g/mol. The number of benzene rings is 1. The highest BCUT2D eigenvalue weighted by molar-refractivity contribution is 5.93. The first-order valence-electron chi connectivity index (χ1n) is 5.40. The van der Waals surface area contributed by atoms with E-state index in [0.29, 0.717) is 0 Å². The zero-order valence-electron chi connectivity index (χ0n) is 9.55. The number of H-pyrrole nitrogens is 1. The molecule has 2 rings (SSSR count). The predicted molar refractivity (Wildman–Crippen MR) is 65.8 cm³/mol. The third-order valence-electron chi connectivity index (χ3n) is 2.28. The number of pyridine rings is 1. The fourth-order valence-corrected chi connectivity index (χ4v) is 1.40. The standard InChI is InChI=1S/C13H12N2O3/c16-12-8-11(6-7-14-12)13(17)15-18-9-10-4-2-1-3-5-10/h1-8H,9H2,(H,14,16)(H,15,17). The molecule has 0 spiro atoms. The van der Waals surface area contributed by atoms with Gasteiger partial charge in [-0.05, 0) is 11.6 Å². The van der Waals surface area contributed by atoms with Crippen molar-refractivity contribution in [3.8, 4) is 0 Å². The Morgan fingerprint density at radius 1 is 1.22 bits per heavy atom. The Bertz CT molecular complexity index is 578. The van der Waals surface area contributed by atoms with Crippen LogP contribution in [-0.4, -0.2) is 10.9 Å². The molecule has 0 bridgehead atoms. The first kappa shape index (κ1) is 12.1. The van der Waals surface area contributed by atoms with Crippen molar-refractivity contribution in [2.24, 2.45) is 0 Å². The first-order valence-corrected chi connectivity index (χ1v) is 5.40. The summed E-state index contributed by atoms with van der Waals surface area (Å²) in [5.74, 6) is -0.447. The van der Waals surface area contributed by atoms with Gasteiger partial charge in [0.2, 0.25) is 5.56 Å². The molecule has 0 aliphatic rings. The number of aromatic amines is 1. The van der Waals surface area contributed by atoms with Crippen molar-refractivity contribution in [1.29, 1.82) is 0 Å². The highest BCUT2D eigenvalue weighted by Gasteiger charge is 2.05. The molecule has 92 valence electrons. The quantitative estimate of drug-likeness (QED) is 0.795. The van der Waals surface area contributed by atoms with E-state index in [1.807, 2.05) is 30.3 Å². The van der Waals surface area contributed by atoms with Crippen molar-refractivity contribution < 1.29 is 9.63 Å². The number of amides is 1. The molecule has 0 unspecified atom stereocenters. The Balaban J connectivity index is 1.87. The Labute approximate surface area is 103 Å². The van der Waals surface area contributed by atoms with Crippen molar-refractivity contribution in [1.82, 2.24) is 10.5 Å². The van der Waals surface area contributed by atoms with Crippen molar-refractivity contribution >= 4 is 5.91 Å². The second-order valence-electron chi connectivity index (χ2n) is 3.65. The summed E-state index contributed by atoms with van der Waals surface area (Å²) < 4.78 is 0. The van der Waals surface area contributed by atoms with Crippen molar-refractivity contribution in [3.63, 3.8) is 0 Å². The fourth-order valence-electron chi connectivity index (χ4n) is 1.40. The maximum atomic E-state index is 11.6. The van der Waals surface area contributed by atoms with Gasteiger partial charge in [0.25, 0.3) is 5.91 Å². The van der Waals surface area contributed by atoms with Crippen LogP contribution in [0.15, 0.2) is 53.5 Å². The Morgan fingerprint density at radius 3 is 2.72 bits per heavy atom. The van der Waals surface area contributed by atoms with E-state index in [1.54, 1.807) is 0 Å². The molecule has 0 fully saturated rings. The molecule has 5 nitrogen and oxygen atoms in total. The number of hydroxylamine groups is 1. The molecule has 0 saturated carbocycles. The van der Waals surface area contributed by atoms with E-state index in [1.165, 1.54) is 18.3 Å². The van der Waals surface area contributed by atoms with Crippen molar-refractivity contribution in [2.75, 3.05) is 0 Å². The SMILES string of the molecule is O=C(NOCc1ccccc1)c1cc[nH]c(=O)c1. The molecule has 2 N–H and O–H groups in total. The van der Waals surface area contributed by atoms with Crippen LogP contribution in [0.1, 0.15) is 15.9 Å². The second-order valence-corrected chi connectivity index (χ2v) is 3.65. The van der Waals surface area contributed by atoms with E-state index >= 15 is 0 Å². The molecule has 18 heavy (non-hydrogen) atoms. The number of hydrogen-bond donors (Lipinski definition) is 2. The van der Waals surface area contributed by atoms with Gasteiger partial charge in [-0.2, -0.15) is 0 Å². The molecule has 1 aromatic heterocycles. The Kier molecular flexibility index (Phi) is 3.88. The van der Waals surface area contributed by atoms with Gasteiger partial charge in [0.05, 0.1) is 6.61 Å². The van der Waals surface area contributed by atoms with E-state index < -0.39 is 5.91 Å². The van der Waals surface area contributed by atoms with Crippen LogP contribution in [0.5, 0.6) is 0 Å². The number of carbonyl (C=O) groups is 1. The summed E-state index contributed by atoms with van der Waals surface area (Å²) in [6, 6.07) is 12.2. The van der Waals surface area contributed by atoms with Crippen molar-refractivity contribution in [2.45, 2.75) is 6.61 Å². The van der Waals surface area contributed by atoms with Crippen LogP contribution >= 0.6 is 0 Å². The Morgan fingerprint density at radius 2 is 2.00 bits per heavy atom. The van der Waals surface area contributed by atoms with Gasteiger partial charge in [-0.15, -0.1) is 0 Å². The minimum atomic E-state index is -0.447. The van der Waals surface area contributed by atoms with Gasteiger partial charge in [0.1, 0.15) is 0 Å². The van der Waals surface area contributed by atoms with Crippen LogP contribution < -0.4 is 11.0 Å². The molecule has 0 saturated heterocycles. The van der Waals surface area contributed by atoms with Gasteiger partial charge in [-0.25, -0.2) is 5.48 Å². The second kappa shape index (κ2) is 5.79. The molecular formula is C13H12N2O3. The molecular weight excluding hydrogens is 232 g/mol. The topological polar surface area (TPSA) is 71.2 Å². The van der Waals surface area contributed by atoms with Gasteiger partial charge in [-0.1, -0.05) is 30.3 Å². The third kappa shape index (κ3) is 3.29. The van der Waals surface area contributed by atoms with Crippen LogP contribution in [0.4, 0.5) is 0 Å². The molecule has 1 heterocycles. The Hall–Kier alpha value is -2.40. The molecule has 0 aliphatic heterocycles. The largest absolute Gasteiger partial charge is 0.329 e. The van der Waals surface area contributed by atoms with E-state index in [-0.39, 0.29) is 17.7 Å². The lowest BCUT2D eigenvalue weighted by molar-refractivity contribution is 0.0233. The summed E-state index contributed by atoms with van der Waals surface area (Å²) >= 11 is 0. The number of rotatable bonds is 4. The zero-order valence-corrected chi connectivity index (χ0v) is 9.55. The zero-order chi connectivity index (χ0) is 12.8. The molecule has 5 heteroatoms. The van der Waals surface area contributed by atoms with Crippen LogP contribution in [0.3, 0.4) is 0 Å². The van der Waals surface area contributed by atoms with Crippen LogP contribution in [-0.2, 0) is 11.4 Å².